The minimum atomic E-state index is -4.89. The third-order valence-electron chi connectivity index (χ3n) is 7.11. The van der Waals surface area contributed by atoms with E-state index in [1.54, 1.807) is 42.5 Å². The van der Waals surface area contributed by atoms with E-state index in [0.717, 1.165) is 23.3 Å². The highest BCUT2D eigenvalue weighted by atomic mass is 35.5. The third kappa shape index (κ3) is 8.23. The number of hydrogen-bond acceptors (Lipinski definition) is 4. The van der Waals surface area contributed by atoms with Gasteiger partial charge in [0.1, 0.15) is 12.6 Å². The number of halogens is 4. The molecule has 0 fully saturated rings. The number of alkyl halides is 3. The maximum absolute atomic E-state index is 14.3. The van der Waals surface area contributed by atoms with E-state index >= 15 is 0 Å². The molecule has 0 saturated heterocycles. The van der Waals surface area contributed by atoms with Crippen LogP contribution >= 0.6 is 11.6 Å². The summed E-state index contributed by atoms with van der Waals surface area (Å²) in [7, 11) is -3.15. The number of carbonyl (C=O) groups excluding carboxylic acids is 2. The molecule has 0 heterocycles. The molecule has 0 aliphatic carbocycles. The Balaban J connectivity index is 1.84. The molecule has 1 N–H and O–H groups in total. The topological polar surface area (TPSA) is 86.8 Å². The van der Waals surface area contributed by atoms with Gasteiger partial charge >= 0.3 is 6.18 Å². The van der Waals surface area contributed by atoms with Gasteiger partial charge in [0.15, 0.2) is 0 Å². The average Bonchev–Trinajstić information content (AvgIpc) is 3.01. The van der Waals surface area contributed by atoms with Gasteiger partial charge in [-0.25, -0.2) is 8.42 Å². The summed E-state index contributed by atoms with van der Waals surface area (Å²) in [5.41, 5.74) is 0.641. The Bertz CT molecular complexity index is 1750. The second-order valence-electron chi connectivity index (χ2n) is 10.3. The fourth-order valence-corrected chi connectivity index (χ4v) is 6.51. The van der Waals surface area contributed by atoms with Gasteiger partial charge in [-0.3, -0.25) is 13.9 Å². The van der Waals surface area contributed by atoms with Crippen molar-refractivity contribution in [2.75, 3.05) is 17.9 Å². The molecule has 7 nitrogen and oxygen atoms in total. The molecule has 45 heavy (non-hydrogen) atoms. The smallest absolute Gasteiger partial charge is 0.357 e. The molecule has 12 heteroatoms. The Morgan fingerprint density at radius 1 is 0.867 bits per heavy atom. The van der Waals surface area contributed by atoms with Gasteiger partial charge in [-0.1, -0.05) is 90.0 Å². The lowest BCUT2D eigenvalue weighted by atomic mass is 10.0. The van der Waals surface area contributed by atoms with Crippen molar-refractivity contribution in [2.45, 2.75) is 37.0 Å². The molecule has 0 bridgehead atoms. The molecule has 2 amide bonds. The van der Waals surface area contributed by atoms with Crippen molar-refractivity contribution in [3.05, 3.63) is 130 Å². The van der Waals surface area contributed by atoms with E-state index in [4.69, 9.17) is 11.6 Å². The second kappa shape index (κ2) is 14.2. The molecule has 1 atom stereocenters. The van der Waals surface area contributed by atoms with Crippen LogP contribution in [0.3, 0.4) is 0 Å². The van der Waals surface area contributed by atoms with E-state index in [0.29, 0.717) is 15.9 Å². The first-order chi connectivity index (χ1) is 21.3. The van der Waals surface area contributed by atoms with Crippen molar-refractivity contribution in [2.24, 2.45) is 0 Å². The van der Waals surface area contributed by atoms with E-state index in [9.17, 15) is 31.2 Å². The molecule has 0 aliphatic rings. The molecular weight excluding hydrogens is 627 g/mol. The fraction of sp³-hybridized carbons (Fsp3) is 0.212. The largest absolute Gasteiger partial charge is 0.417 e. The maximum Gasteiger partial charge on any atom is 0.417 e. The molecule has 4 rings (SSSR count). The number of aryl methyl sites for hydroxylation is 1. The Kier molecular flexibility index (Phi) is 10.6. The van der Waals surface area contributed by atoms with Crippen LogP contribution in [0.5, 0.6) is 0 Å². The molecule has 236 valence electrons. The van der Waals surface area contributed by atoms with Gasteiger partial charge in [0, 0.05) is 20.0 Å². The summed E-state index contributed by atoms with van der Waals surface area (Å²) < 4.78 is 70.1. The highest BCUT2D eigenvalue weighted by molar-refractivity contribution is 7.92. The predicted octanol–water partition coefficient (Wildman–Crippen LogP) is 6.25. The Morgan fingerprint density at radius 2 is 1.49 bits per heavy atom. The molecule has 0 saturated carbocycles. The zero-order valence-electron chi connectivity index (χ0n) is 24.5. The van der Waals surface area contributed by atoms with Crippen LogP contribution < -0.4 is 9.62 Å². The zero-order chi connectivity index (χ0) is 32.8. The van der Waals surface area contributed by atoms with Crippen molar-refractivity contribution in [3.8, 4) is 0 Å². The van der Waals surface area contributed by atoms with E-state index < -0.39 is 56.9 Å². The van der Waals surface area contributed by atoms with Crippen LogP contribution in [0.25, 0.3) is 0 Å². The fourth-order valence-electron chi connectivity index (χ4n) is 4.86. The number of amides is 2. The first kappa shape index (κ1) is 33.5. The normalized spacial score (nSPS) is 12.3. The van der Waals surface area contributed by atoms with E-state index in [1.165, 1.54) is 36.2 Å². The number of benzene rings is 4. The second-order valence-corrected chi connectivity index (χ2v) is 12.6. The number of sulfonamides is 1. The van der Waals surface area contributed by atoms with Gasteiger partial charge in [-0.15, -0.1) is 0 Å². The predicted molar refractivity (Wildman–Crippen MR) is 167 cm³/mol. The molecular formula is C33H31ClF3N3O4S. The molecule has 0 radical (unpaired) electrons. The number of anilines is 1. The molecule has 0 spiro atoms. The van der Waals surface area contributed by atoms with Crippen LogP contribution in [-0.2, 0) is 38.8 Å². The molecule has 4 aromatic carbocycles. The number of carbonyl (C=O) groups is 2. The summed E-state index contributed by atoms with van der Waals surface area (Å²) >= 11 is 5.84. The van der Waals surface area contributed by atoms with Crippen LogP contribution in [0.1, 0.15) is 22.3 Å². The Labute approximate surface area is 265 Å². The minimum absolute atomic E-state index is 0.0704. The van der Waals surface area contributed by atoms with Gasteiger partial charge in [-0.2, -0.15) is 13.2 Å². The van der Waals surface area contributed by atoms with Crippen molar-refractivity contribution in [3.63, 3.8) is 0 Å². The van der Waals surface area contributed by atoms with Crippen LogP contribution in [0.15, 0.2) is 108 Å². The summed E-state index contributed by atoms with van der Waals surface area (Å²) in [6.07, 6.45) is -4.79. The molecule has 4 aromatic rings. The maximum atomic E-state index is 14.3. The van der Waals surface area contributed by atoms with Gasteiger partial charge in [0.25, 0.3) is 10.0 Å². The summed E-state index contributed by atoms with van der Waals surface area (Å²) in [4.78, 5) is 28.6. The van der Waals surface area contributed by atoms with Crippen molar-refractivity contribution in [1.82, 2.24) is 10.2 Å². The zero-order valence-corrected chi connectivity index (χ0v) is 26.0. The van der Waals surface area contributed by atoms with E-state index in [2.05, 4.69) is 5.32 Å². The Hall–Kier alpha value is -4.35. The molecule has 0 unspecified atom stereocenters. The van der Waals surface area contributed by atoms with Gasteiger partial charge < -0.3 is 10.2 Å². The highest BCUT2D eigenvalue weighted by Crippen LogP contribution is 2.38. The number of rotatable bonds is 11. The van der Waals surface area contributed by atoms with Crippen LogP contribution in [0.2, 0.25) is 5.02 Å². The molecule has 0 aromatic heterocycles. The number of nitrogens with zero attached hydrogens (tertiary/aromatic N) is 2. The summed E-state index contributed by atoms with van der Waals surface area (Å²) in [6.45, 7) is 0.895. The summed E-state index contributed by atoms with van der Waals surface area (Å²) in [5.74, 6) is -1.30. The number of likely N-dealkylation sites (N-methyl/N-ethyl adjacent to an activating group) is 1. The average molecular weight is 658 g/mol. The van der Waals surface area contributed by atoms with E-state index in [1.807, 2.05) is 25.1 Å². The Morgan fingerprint density at radius 3 is 2.09 bits per heavy atom. The van der Waals surface area contributed by atoms with Crippen molar-refractivity contribution in [1.29, 1.82) is 0 Å². The monoisotopic (exact) mass is 657 g/mol. The quantitative estimate of drug-likeness (QED) is 0.207. The van der Waals surface area contributed by atoms with Gasteiger partial charge in [0.05, 0.1) is 21.2 Å². The lowest BCUT2D eigenvalue weighted by Gasteiger charge is -2.33. The van der Waals surface area contributed by atoms with Crippen LogP contribution in [0.4, 0.5) is 18.9 Å². The van der Waals surface area contributed by atoms with Crippen molar-refractivity contribution < 1.29 is 31.2 Å². The third-order valence-corrected chi connectivity index (χ3v) is 9.22. The number of hydrogen-bond donors (Lipinski definition) is 1. The van der Waals surface area contributed by atoms with Gasteiger partial charge in [-0.05, 0) is 48.4 Å². The van der Waals surface area contributed by atoms with Gasteiger partial charge in [0.2, 0.25) is 11.8 Å². The lowest BCUT2D eigenvalue weighted by Crippen LogP contribution is -2.53. The highest BCUT2D eigenvalue weighted by Gasteiger charge is 2.37. The SMILES string of the molecule is CNC(=O)[C@H](Cc1ccccc1)N(Cc1cccc(C)c1)C(=O)CN(c1ccc(Cl)c(C(F)(F)F)c1)S(=O)(=O)c1ccccc1. The first-order valence-corrected chi connectivity index (χ1v) is 15.7. The standard InChI is InChI=1S/C33H31ClF3N3O4S/c1-23-10-9-13-25(18-23)21-39(30(32(42)38-2)19-24-11-5-3-6-12-24)31(41)22-40(45(43,44)27-14-7-4-8-15-27)26-16-17-29(34)28(20-26)33(35,36)37/h3-18,20,30H,19,21-22H2,1-2H3,(H,38,42)/t30-/m0/s1. The van der Waals surface area contributed by atoms with Crippen LogP contribution in [0, 0.1) is 6.92 Å². The number of nitrogens with one attached hydrogen (secondary N) is 1. The van der Waals surface area contributed by atoms with Crippen LogP contribution in [-0.4, -0.2) is 44.8 Å². The first-order valence-electron chi connectivity index (χ1n) is 13.9. The summed E-state index contributed by atoms with van der Waals surface area (Å²) in [5, 5.41) is 1.96. The summed E-state index contributed by atoms with van der Waals surface area (Å²) in [6, 6.07) is 24.8. The lowest BCUT2D eigenvalue weighted by molar-refractivity contribution is -0.139. The van der Waals surface area contributed by atoms with Crippen molar-refractivity contribution >= 4 is 39.1 Å². The molecule has 0 aliphatic heterocycles. The minimum Gasteiger partial charge on any atom is -0.357 e. The van der Waals surface area contributed by atoms with E-state index in [-0.39, 0.29) is 17.9 Å².